The normalized spacial score (nSPS) is 10.3. The van der Waals surface area contributed by atoms with Crippen molar-refractivity contribution in [3.63, 3.8) is 0 Å². The summed E-state index contributed by atoms with van der Waals surface area (Å²) in [6.45, 7) is 2.13. The molecule has 28 heavy (non-hydrogen) atoms. The first-order valence-electron chi connectivity index (χ1n) is 8.44. The third kappa shape index (κ3) is 5.76. The number of benzene rings is 2. The van der Waals surface area contributed by atoms with Gasteiger partial charge in [0.25, 0.3) is 5.91 Å². The molecule has 6 heteroatoms. The van der Waals surface area contributed by atoms with Crippen LogP contribution in [-0.4, -0.2) is 25.1 Å². The van der Waals surface area contributed by atoms with Crippen LogP contribution in [0.25, 0.3) is 6.08 Å². The highest BCUT2D eigenvalue weighted by Crippen LogP contribution is 2.17. The minimum absolute atomic E-state index is 0.0800. The van der Waals surface area contributed by atoms with Crippen LogP contribution in [-0.2, 0) is 9.53 Å². The van der Waals surface area contributed by atoms with Crippen molar-refractivity contribution in [1.29, 1.82) is 5.26 Å². The fourth-order valence-corrected chi connectivity index (χ4v) is 2.24. The fraction of sp³-hybridized carbons (Fsp3) is 0.136. The maximum absolute atomic E-state index is 12.4. The highest BCUT2D eigenvalue weighted by molar-refractivity contribution is 6.09. The highest BCUT2D eigenvalue weighted by atomic mass is 16.5. The van der Waals surface area contributed by atoms with Gasteiger partial charge in [0.1, 0.15) is 24.0 Å². The van der Waals surface area contributed by atoms with Crippen molar-refractivity contribution in [3.8, 4) is 24.2 Å². The Labute approximate surface area is 163 Å². The van der Waals surface area contributed by atoms with Crippen molar-refractivity contribution in [2.75, 3.05) is 18.5 Å². The number of nitriles is 1. The summed E-state index contributed by atoms with van der Waals surface area (Å²) in [6, 6.07) is 15.0. The summed E-state index contributed by atoms with van der Waals surface area (Å²) < 4.78 is 10.2. The Kier molecular flexibility index (Phi) is 7.39. The molecule has 2 aromatic rings. The molecular weight excluding hydrogens is 356 g/mol. The number of anilines is 1. The molecule has 0 fully saturated rings. The van der Waals surface area contributed by atoms with Crippen molar-refractivity contribution < 1.29 is 19.1 Å². The van der Waals surface area contributed by atoms with Gasteiger partial charge in [0.2, 0.25) is 0 Å². The third-order valence-corrected chi connectivity index (χ3v) is 3.51. The second-order valence-corrected chi connectivity index (χ2v) is 5.49. The number of esters is 1. The molecule has 2 rings (SSSR count). The van der Waals surface area contributed by atoms with Gasteiger partial charge in [-0.15, -0.1) is 6.42 Å². The summed E-state index contributed by atoms with van der Waals surface area (Å²) in [5.41, 5.74) is 1.37. The number of nitrogens with zero attached hydrogens (tertiary/aromatic N) is 1. The highest BCUT2D eigenvalue weighted by Gasteiger charge is 2.11. The van der Waals surface area contributed by atoms with E-state index < -0.39 is 11.9 Å². The van der Waals surface area contributed by atoms with Crippen LogP contribution in [0.5, 0.6) is 5.75 Å². The molecule has 0 aromatic heterocycles. The lowest BCUT2D eigenvalue weighted by Gasteiger charge is -2.06. The second kappa shape index (κ2) is 10.2. The number of hydrogen-bond acceptors (Lipinski definition) is 5. The summed E-state index contributed by atoms with van der Waals surface area (Å²) in [7, 11) is 0. The lowest BCUT2D eigenvalue weighted by atomic mass is 10.1. The van der Waals surface area contributed by atoms with Crippen molar-refractivity contribution in [2.45, 2.75) is 6.92 Å². The number of ether oxygens (including phenoxy) is 2. The molecule has 140 valence electrons. The number of terminal acetylenes is 1. The zero-order valence-corrected chi connectivity index (χ0v) is 15.3. The van der Waals surface area contributed by atoms with E-state index in [2.05, 4.69) is 11.2 Å². The maximum atomic E-state index is 12.4. The van der Waals surface area contributed by atoms with Crippen LogP contribution in [0.1, 0.15) is 22.8 Å². The summed E-state index contributed by atoms with van der Waals surface area (Å²) in [6.07, 6.45) is 6.61. The van der Waals surface area contributed by atoms with Gasteiger partial charge in [-0.3, -0.25) is 4.79 Å². The van der Waals surface area contributed by atoms with Gasteiger partial charge in [-0.1, -0.05) is 18.1 Å². The van der Waals surface area contributed by atoms with Crippen LogP contribution in [0.15, 0.2) is 54.1 Å². The molecule has 0 aliphatic rings. The molecule has 0 atom stereocenters. The number of amides is 1. The smallest absolute Gasteiger partial charge is 0.338 e. The Hall–Kier alpha value is -4.03. The molecule has 0 aliphatic carbocycles. The van der Waals surface area contributed by atoms with E-state index in [1.54, 1.807) is 43.3 Å². The van der Waals surface area contributed by atoms with E-state index in [1.807, 2.05) is 6.07 Å². The average Bonchev–Trinajstić information content (AvgIpc) is 2.71. The van der Waals surface area contributed by atoms with Gasteiger partial charge in [-0.25, -0.2) is 4.79 Å². The SMILES string of the molecule is C#CCOc1cccc(/C=C(/C#N)C(=O)Nc2ccc(C(=O)OCC)cc2)c1. The summed E-state index contributed by atoms with van der Waals surface area (Å²) in [5.74, 6) is 1.90. The van der Waals surface area contributed by atoms with Crippen LogP contribution < -0.4 is 10.1 Å². The first kappa shape index (κ1) is 20.3. The molecule has 0 bridgehead atoms. The van der Waals surface area contributed by atoms with Crippen molar-refractivity contribution in [2.24, 2.45) is 0 Å². The van der Waals surface area contributed by atoms with Crippen molar-refractivity contribution >= 4 is 23.6 Å². The Morgan fingerprint density at radius 1 is 1.21 bits per heavy atom. The molecule has 0 saturated carbocycles. The Morgan fingerprint density at radius 2 is 1.96 bits per heavy atom. The molecule has 0 aliphatic heterocycles. The van der Waals surface area contributed by atoms with E-state index in [9.17, 15) is 14.9 Å². The van der Waals surface area contributed by atoms with Gasteiger partial charge in [-0.05, 0) is 55.0 Å². The fourth-order valence-electron chi connectivity index (χ4n) is 2.24. The van der Waals surface area contributed by atoms with Crippen LogP contribution in [0.2, 0.25) is 0 Å². The van der Waals surface area contributed by atoms with Crippen LogP contribution in [0, 0.1) is 23.7 Å². The molecule has 0 heterocycles. The average molecular weight is 374 g/mol. The summed E-state index contributed by atoms with van der Waals surface area (Å²) in [5, 5.41) is 11.9. The third-order valence-electron chi connectivity index (χ3n) is 3.51. The monoisotopic (exact) mass is 374 g/mol. The number of carbonyl (C=O) groups is 2. The minimum Gasteiger partial charge on any atom is -0.481 e. The van der Waals surface area contributed by atoms with E-state index in [-0.39, 0.29) is 18.8 Å². The molecule has 0 saturated heterocycles. The molecule has 0 spiro atoms. The predicted molar refractivity (Wildman–Crippen MR) is 105 cm³/mol. The largest absolute Gasteiger partial charge is 0.481 e. The van der Waals surface area contributed by atoms with Gasteiger partial charge in [0.15, 0.2) is 0 Å². The van der Waals surface area contributed by atoms with E-state index >= 15 is 0 Å². The van der Waals surface area contributed by atoms with Crippen LogP contribution >= 0.6 is 0 Å². The Balaban J connectivity index is 2.11. The predicted octanol–water partition coefficient (Wildman–Crippen LogP) is 3.42. The lowest BCUT2D eigenvalue weighted by Crippen LogP contribution is -2.13. The molecule has 0 radical (unpaired) electrons. The van der Waals surface area contributed by atoms with Gasteiger partial charge in [-0.2, -0.15) is 5.26 Å². The Morgan fingerprint density at radius 3 is 2.61 bits per heavy atom. The van der Waals surface area contributed by atoms with Crippen molar-refractivity contribution in [3.05, 3.63) is 65.2 Å². The van der Waals surface area contributed by atoms with E-state index in [4.69, 9.17) is 15.9 Å². The quantitative estimate of drug-likeness (QED) is 0.347. The standard InChI is InChI=1S/C22H18N2O4/c1-3-12-28-20-7-5-6-16(14-20)13-18(15-23)21(25)24-19-10-8-17(9-11-19)22(26)27-4-2/h1,5-11,13-14H,4,12H2,2H3,(H,24,25)/b18-13-. The topological polar surface area (TPSA) is 88.4 Å². The molecule has 1 amide bonds. The first-order chi connectivity index (χ1) is 13.6. The lowest BCUT2D eigenvalue weighted by molar-refractivity contribution is -0.112. The number of carbonyl (C=O) groups excluding carboxylic acids is 2. The molecule has 1 N–H and O–H groups in total. The zero-order chi connectivity index (χ0) is 20.4. The molecule has 6 nitrogen and oxygen atoms in total. The zero-order valence-electron chi connectivity index (χ0n) is 15.3. The van der Waals surface area contributed by atoms with E-state index in [0.29, 0.717) is 22.6 Å². The first-order valence-corrected chi connectivity index (χ1v) is 8.44. The molecule has 2 aromatic carbocycles. The summed E-state index contributed by atoms with van der Waals surface area (Å²) >= 11 is 0. The van der Waals surface area contributed by atoms with Gasteiger partial charge >= 0.3 is 5.97 Å². The van der Waals surface area contributed by atoms with Gasteiger partial charge in [0, 0.05) is 5.69 Å². The van der Waals surface area contributed by atoms with Gasteiger partial charge in [0.05, 0.1) is 12.2 Å². The summed E-state index contributed by atoms with van der Waals surface area (Å²) in [4.78, 5) is 24.0. The van der Waals surface area contributed by atoms with Crippen LogP contribution in [0.4, 0.5) is 5.69 Å². The molecule has 0 unspecified atom stereocenters. The van der Waals surface area contributed by atoms with E-state index in [1.165, 1.54) is 18.2 Å². The van der Waals surface area contributed by atoms with Gasteiger partial charge < -0.3 is 14.8 Å². The number of rotatable bonds is 7. The number of hydrogen-bond donors (Lipinski definition) is 1. The van der Waals surface area contributed by atoms with Crippen molar-refractivity contribution in [1.82, 2.24) is 0 Å². The minimum atomic E-state index is -0.568. The maximum Gasteiger partial charge on any atom is 0.338 e. The molecular formula is C22H18N2O4. The Bertz CT molecular complexity index is 963. The second-order valence-electron chi connectivity index (χ2n) is 5.49. The van der Waals surface area contributed by atoms with E-state index in [0.717, 1.165) is 0 Å². The number of nitrogens with one attached hydrogen (secondary N) is 1. The van der Waals surface area contributed by atoms with Crippen LogP contribution in [0.3, 0.4) is 0 Å².